The van der Waals surface area contributed by atoms with Crippen molar-refractivity contribution >= 4 is 11.8 Å². The number of hydrogen-bond acceptors (Lipinski definition) is 2. The van der Waals surface area contributed by atoms with Crippen LogP contribution in [0.4, 0.5) is 13.2 Å². The Bertz CT molecular complexity index is 272. The molecule has 1 aliphatic rings. The zero-order valence-electron chi connectivity index (χ0n) is 8.10. The van der Waals surface area contributed by atoms with Gasteiger partial charge in [-0.25, -0.2) is 0 Å². The number of carbonyl (C=O) groups is 2. The van der Waals surface area contributed by atoms with E-state index in [0.717, 1.165) is 4.90 Å². The van der Waals surface area contributed by atoms with Crippen LogP contribution >= 0.6 is 0 Å². The predicted molar refractivity (Wildman–Crippen MR) is 44.9 cm³/mol. The number of nitrogens with one attached hydrogen (secondary N) is 1. The lowest BCUT2D eigenvalue weighted by molar-refractivity contribution is -0.165. The summed E-state index contributed by atoms with van der Waals surface area (Å²) in [5.41, 5.74) is 0. The number of alkyl halides is 3. The summed E-state index contributed by atoms with van der Waals surface area (Å²) in [6.45, 7) is 1.64. The molecule has 0 atom stereocenters. The molecule has 1 N–H and O–H groups in total. The Hall–Kier alpha value is -1.27. The molecule has 1 saturated heterocycles. The molecule has 7 heteroatoms. The highest BCUT2D eigenvalue weighted by Gasteiger charge is 2.38. The maximum Gasteiger partial charge on any atom is 0.397 e. The monoisotopic (exact) mass is 224 g/mol. The van der Waals surface area contributed by atoms with Crippen molar-refractivity contribution in [2.75, 3.05) is 13.1 Å². The van der Waals surface area contributed by atoms with Crippen LogP contribution in [0.5, 0.6) is 0 Å². The summed E-state index contributed by atoms with van der Waals surface area (Å²) in [4.78, 5) is 22.6. The number of likely N-dealkylation sites (tertiary alicyclic amines) is 1. The van der Waals surface area contributed by atoms with Crippen LogP contribution in [0.1, 0.15) is 13.3 Å². The van der Waals surface area contributed by atoms with Crippen molar-refractivity contribution in [3.05, 3.63) is 0 Å². The molecule has 0 aromatic heterocycles. The van der Waals surface area contributed by atoms with Gasteiger partial charge in [0.25, 0.3) is 0 Å². The number of nitrogens with zero attached hydrogens (tertiary/aromatic N) is 1. The number of amides is 2. The fourth-order valence-electron chi connectivity index (χ4n) is 1.34. The molecule has 0 radical (unpaired) electrons. The summed E-state index contributed by atoms with van der Waals surface area (Å²) in [5.74, 6) is -1.19. The van der Waals surface area contributed by atoms with Crippen LogP contribution in [0, 0.1) is 0 Å². The number of halogens is 3. The van der Waals surface area contributed by atoms with Crippen molar-refractivity contribution in [1.29, 1.82) is 0 Å². The van der Waals surface area contributed by atoms with E-state index in [9.17, 15) is 22.8 Å². The zero-order chi connectivity index (χ0) is 11.6. The van der Waals surface area contributed by atoms with E-state index in [1.54, 1.807) is 0 Å². The normalized spacial score (nSPS) is 17.2. The van der Waals surface area contributed by atoms with Crippen molar-refractivity contribution in [1.82, 2.24) is 10.2 Å². The van der Waals surface area contributed by atoms with Crippen molar-refractivity contribution in [2.24, 2.45) is 0 Å². The van der Waals surface area contributed by atoms with Crippen LogP contribution in [-0.2, 0) is 9.59 Å². The highest BCUT2D eigenvalue weighted by Crippen LogP contribution is 2.22. The minimum Gasteiger partial charge on any atom is -0.350 e. The summed E-state index contributed by atoms with van der Waals surface area (Å²) in [7, 11) is 0. The van der Waals surface area contributed by atoms with Gasteiger partial charge in [0.2, 0.25) is 11.8 Å². The van der Waals surface area contributed by atoms with Gasteiger partial charge >= 0.3 is 6.18 Å². The molecule has 1 rings (SSSR count). The molecular weight excluding hydrogens is 213 g/mol. The standard InChI is InChI=1S/C8H11F3N2O2/c1-5(14)12-6-3-13(4-6)7(15)2-8(9,10)11/h6H,2-4H2,1H3,(H,12,14). The van der Waals surface area contributed by atoms with E-state index in [1.807, 2.05) is 0 Å². The maximum absolute atomic E-state index is 11.8. The maximum atomic E-state index is 11.8. The molecule has 1 aliphatic heterocycles. The third-order valence-electron chi connectivity index (χ3n) is 1.99. The van der Waals surface area contributed by atoms with E-state index in [0.29, 0.717) is 0 Å². The third-order valence-corrected chi connectivity index (χ3v) is 1.99. The Labute approximate surface area is 84.4 Å². The van der Waals surface area contributed by atoms with Gasteiger partial charge in [0.15, 0.2) is 0 Å². The van der Waals surface area contributed by atoms with Crippen molar-refractivity contribution in [2.45, 2.75) is 25.6 Å². The first-order valence-corrected chi connectivity index (χ1v) is 4.39. The predicted octanol–water partition coefficient (Wildman–Crippen LogP) is 0.286. The van der Waals surface area contributed by atoms with Crippen molar-refractivity contribution in [3.8, 4) is 0 Å². The first-order chi connectivity index (χ1) is 6.78. The molecule has 0 spiro atoms. The van der Waals surface area contributed by atoms with Crippen molar-refractivity contribution in [3.63, 3.8) is 0 Å². The molecule has 1 heterocycles. The molecular formula is C8H11F3N2O2. The zero-order valence-corrected chi connectivity index (χ0v) is 8.10. The molecule has 1 fully saturated rings. The Morgan fingerprint density at radius 2 is 1.93 bits per heavy atom. The molecule has 4 nitrogen and oxygen atoms in total. The second-order valence-electron chi connectivity index (χ2n) is 3.49. The van der Waals surface area contributed by atoms with Gasteiger partial charge in [0, 0.05) is 20.0 Å². The summed E-state index contributed by atoms with van der Waals surface area (Å²) in [5, 5.41) is 2.51. The van der Waals surface area contributed by atoms with Gasteiger partial charge in [-0.15, -0.1) is 0 Å². The fourth-order valence-corrected chi connectivity index (χ4v) is 1.34. The van der Waals surface area contributed by atoms with Gasteiger partial charge in [-0.3, -0.25) is 9.59 Å². The molecule has 0 saturated carbocycles. The van der Waals surface area contributed by atoms with E-state index in [2.05, 4.69) is 5.32 Å². The molecule has 0 unspecified atom stereocenters. The molecule has 15 heavy (non-hydrogen) atoms. The number of hydrogen-bond donors (Lipinski definition) is 1. The van der Waals surface area contributed by atoms with Gasteiger partial charge in [0.05, 0.1) is 6.04 Å². The quantitative estimate of drug-likeness (QED) is 0.732. The van der Waals surface area contributed by atoms with Gasteiger partial charge in [-0.2, -0.15) is 13.2 Å². The largest absolute Gasteiger partial charge is 0.397 e. The van der Waals surface area contributed by atoms with Crippen LogP contribution in [0.25, 0.3) is 0 Å². The SMILES string of the molecule is CC(=O)NC1CN(C(=O)CC(F)(F)F)C1. The van der Waals surface area contributed by atoms with Crippen molar-refractivity contribution < 1.29 is 22.8 Å². The van der Waals surface area contributed by atoms with E-state index in [4.69, 9.17) is 0 Å². The second kappa shape index (κ2) is 4.08. The topological polar surface area (TPSA) is 49.4 Å². The Kier molecular flexibility index (Phi) is 3.21. The van der Waals surface area contributed by atoms with Crippen LogP contribution in [-0.4, -0.2) is 42.0 Å². The van der Waals surface area contributed by atoms with Crippen LogP contribution < -0.4 is 5.32 Å². The van der Waals surface area contributed by atoms with Gasteiger partial charge < -0.3 is 10.2 Å². The molecule has 0 aromatic carbocycles. The van der Waals surface area contributed by atoms with Gasteiger partial charge in [-0.05, 0) is 0 Å². The minimum atomic E-state index is -4.46. The minimum absolute atomic E-state index is 0.161. The van der Waals surface area contributed by atoms with Crippen LogP contribution in [0.15, 0.2) is 0 Å². The number of rotatable bonds is 2. The van der Waals surface area contributed by atoms with Gasteiger partial charge in [-0.1, -0.05) is 0 Å². The molecule has 2 amide bonds. The lowest BCUT2D eigenvalue weighted by Crippen LogP contribution is -2.61. The molecule has 0 aromatic rings. The third kappa shape index (κ3) is 3.77. The second-order valence-corrected chi connectivity index (χ2v) is 3.49. The van der Waals surface area contributed by atoms with Crippen LogP contribution in [0.2, 0.25) is 0 Å². The Balaban J connectivity index is 2.27. The lowest BCUT2D eigenvalue weighted by atomic mass is 10.1. The molecule has 0 bridgehead atoms. The smallest absolute Gasteiger partial charge is 0.350 e. The van der Waals surface area contributed by atoms with E-state index >= 15 is 0 Å². The fraction of sp³-hybridized carbons (Fsp3) is 0.750. The van der Waals surface area contributed by atoms with Gasteiger partial charge in [0.1, 0.15) is 6.42 Å². The summed E-state index contributed by atoms with van der Waals surface area (Å²) in [6.07, 6.45) is -5.89. The number of carbonyl (C=O) groups excluding carboxylic acids is 2. The summed E-state index contributed by atoms with van der Waals surface area (Å²) < 4.78 is 35.5. The molecule has 86 valence electrons. The highest BCUT2D eigenvalue weighted by atomic mass is 19.4. The first-order valence-electron chi connectivity index (χ1n) is 4.39. The Morgan fingerprint density at radius 1 is 1.40 bits per heavy atom. The van der Waals surface area contributed by atoms with E-state index in [1.165, 1.54) is 6.92 Å². The summed E-state index contributed by atoms with van der Waals surface area (Å²) >= 11 is 0. The van der Waals surface area contributed by atoms with Crippen LogP contribution in [0.3, 0.4) is 0 Å². The average Bonchev–Trinajstić information content (AvgIpc) is 1.91. The summed E-state index contributed by atoms with van der Waals surface area (Å²) in [6, 6.07) is -0.209. The highest BCUT2D eigenvalue weighted by molar-refractivity contribution is 5.78. The van der Waals surface area contributed by atoms with E-state index < -0.39 is 18.5 Å². The molecule has 0 aliphatic carbocycles. The first kappa shape index (κ1) is 11.8. The Morgan fingerprint density at radius 3 is 2.33 bits per heavy atom. The lowest BCUT2D eigenvalue weighted by Gasteiger charge is -2.39. The van der Waals surface area contributed by atoms with E-state index in [-0.39, 0.29) is 25.0 Å². The average molecular weight is 224 g/mol.